The van der Waals surface area contributed by atoms with Crippen molar-refractivity contribution < 1.29 is 19.4 Å². The maximum absolute atomic E-state index is 13.3. The molecule has 0 saturated heterocycles. The second-order valence-corrected chi connectivity index (χ2v) is 8.79. The van der Waals surface area contributed by atoms with E-state index < -0.39 is 17.4 Å². The Hall–Kier alpha value is -2.99. The first kappa shape index (κ1) is 22.2. The molecule has 7 heteroatoms. The lowest BCUT2D eigenvalue weighted by Crippen LogP contribution is -2.51. The van der Waals surface area contributed by atoms with E-state index in [9.17, 15) is 14.7 Å². The SMILES string of the molecule is CCC(C(=O)O)c1ccc(C2(NC(=O)c3cc4c(Cl)c(OC)ccc4n3C)CCC2)cc1. The summed E-state index contributed by atoms with van der Waals surface area (Å²) in [7, 11) is 3.41. The van der Waals surface area contributed by atoms with Crippen LogP contribution in [-0.4, -0.2) is 28.7 Å². The van der Waals surface area contributed by atoms with Crippen LogP contribution in [0.25, 0.3) is 10.9 Å². The highest BCUT2D eigenvalue weighted by molar-refractivity contribution is 6.37. The van der Waals surface area contributed by atoms with Crippen molar-refractivity contribution in [2.24, 2.45) is 7.05 Å². The monoisotopic (exact) mass is 454 g/mol. The average molecular weight is 455 g/mol. The van der Waals surface area contributed by atoms with Gasteiger partial charge in [-0.15, -0.1) is 0 Å². The number of aliphatic carboxylic acids is 1. The molecule has 1 aliphatic rings. The lowest BCUT2D eigenvalue weighted by atomic mass is 9.71. The number of carbonyl (C=O) groups excluding carboxylic acids is 1. The summed E-state index contributed by atoms with van der Waals surface area (Å²) in [6.07, 6.45) is 3.23. The fourth-order valence-corrected chi connectivity index (χ4v) is 4.91. The number of halogens is 1. The minimum absolute atomic E-state index is 0.167. The van der Waals surface area contributed by atoms with Gasteiger partial charge >= 0.3 is 5.97 Å². The fraction of sp³-hybridized carbons (Fsp3) is 0.360. The highest BCUT2D eigenvalue weighted by atomic mass is 35.5. The first-order valence-electron chi connectivity index (χ1n) is 10.8. The number of amides is 1. The Balaban J connectivity index is 1.63. The van der Waals surface area contributed by atoms with E-state index in [0.29, 0.717) is 22.9 Å². The van der Waals surface area contributed by atoms with Crippen LogP contribution >= 0.6 is 11.6 Å². The highest BCUT2D eigenvalue weighted by Gasteiger charge is 2.40. The van der Waals surface area contributed by atoms with Crippen molar-refractivity contribution >= 4 is 34.4 Å². The van der Waals surface area contributed by atoms with Gasteiger partial charge in [-0.25, -0.2) is 0 Å². The summed E-state index contributed by atoms with van der Waals surface area (Å²) in [5.41, 5.74) is 2.71. The number of benzene rings is 2. The summed E-state index contributed by atoms with van der Waals surface area (Å²) >= 11 is 6.46. The molecule has 3 aromatic rings. The predicted octanol–water partition coefficient (Wildman–Crippen LogP) is 5.23. The molecule has 1 atom stereocenters. The number of carboxylic acids is 1. The minimum Gasteiger partial charge on any atom is -0.495 e. The summed E-state index contributed by atoms with van der Waals surface area (Å²) in [4.78, 5) is 24.8. The number of hydrogen-bond donors (Lipinski definition) is 2. The zero-order chi connectivity index (χ0) is 23.0. The van der Waals surface area contributed by atoms with Gasteiger partial charge in [0.05, 0.1) is 29.1 Å². The van der Waals surface area contributed by atoms with Crippen molar-refractivity contribution in [1.82, 2.24) is 9.88 Å². The van der Waals surface area contributed by atoms with Crippen LogP contribution in [0.3, 0.4) is 0 Å². The summed E-state index contributed by atoms with van der Waals surface area (Å²) in [5, 5.41) is 13.9. The fourth-order valence-electron chi connectivity index (χ4n) is 4.62. The van der Waals surface area contributed by atoms with Crippen molar-refractivity contribution in [3.8, 4) is 5.75 Å². The molecule has 6 nitrogen and oxygen atoms in total. The molecule has 0 aliphatic heterocycles. The van der Waals surface area contributed by atoms with Gasteiger partial charge in [0.15, 0.2) is 0 Å². The number of fused-ring (bicyclic) bond motifs is 1. The Morgan fingerprint density at radius 1 is 1.22 bits per heavy atom. The van der Waals surface area contributed by atoms with Crippen molar-refractivity contribution in [3.63, 3.8) is 0 Å². The Morgan fingerprint density at radius 2 is 1.91 bits per heavy atom. The van der Waals surface area contributed by atoms with Crippen molar-refractivity contribution in [1.29, 1.82) is 0 Å². The van der Waals surface area contributed by atoms with E-state index in [1.807, 2.05) is 48.9 Å². The van der Waals surface area contributed by atoms with Gasteiger partial charge < -0.3 is 19.7 Å². The number of aryl methyl sites for hydroxylation is 1. The van der Waals surface area contributed by atoms with Gasteiger partial charge in [0.2, 0.25) is 0 Å². The molecule has 4 rings (SSSR count). The maximum atomic E-state index is 13.3. The molecule has 2 aromatic carbocycles. The normalized spacial score (nSPS) is 15.8. The molecule has 1 fully saturated rings. The quantitative estimate of drug-likeness (QED) is 0.512. The Kier molecular flexibility index (Phi) is 5.91. The van der Waals surface area contributed by atoms with E-state index in [2.05, 4.69) is 5.32 Å². The Morgan fingerprint density at radius 3 is 2.44 bits per heavy atom. The van der Waals surface area contributed by atoms with Crippen molar-refractivity contribution in [2.45, 2.75) is 44.1 Å². The molecule has 1 heterocycles. The topological polar surface area (TPSA) is 80.6 Å². The van der Waals surface area contributed by atoms with Crippen LogP contribution in [0.4, 0.5) is 0 Å². The molecule has 1 aliphatic carbocycles. The molecule has 1 amide bonds. The second-order valence-electron chi connectivity index (χ2n) is 8.41. The number of nitrogens with one attached hydrogen (secondary N) is 1. The number of hydrogen-bond acceptors (Lipinski definition) is 3. The number of carbonyl (C=O) groups is 2. The molecule has 2 N–H and O–H groups in total. The van der Waals surface area contributed by atoms with Gasteiger partial charge in [-0.1, -0.05) is 42.8 Å². The third kappa shape index (κ3) is 3.62. The van der Waals surface area contributed by atoms with Gasteiger partial charge in [-0.3, -0.25) is 9.59 Å². The van der Waals surface area contributed by atoms with Crippen molar-refractivity contribution in [2.75, 3.05) is 7.11 Å². The number of methoxy groups -OCH3 is 1. The number of nitrogens with zero attached hydrogens (tertiary/aromatic N) is 1. The molecule has 1 unspecified atom stereocenters. The number of carboxylic acid groups (broad SMARTS) is 1. The number of aromatic nitrogens is 1. The van der Waals surface area contributed by atoms with Crippen LogP contribution in [-0.2, 0) is 17.4 Å². The van der Waals surface area contributed by atoms with Gasteiger partial charge in [0, 0.05) is 12.4 Å². The summed E-state index contributed by atoms with van der Waals surface area (Å²) in [6, 6.07) is 13.1. The summed E-state index contributed by atoms with van der Waals surface area (Å²) in [5.74, 6) is -0.940. The van der Waals surface area contributed by atoms with E-state index in [4.69, 9.17) is 16.3 Å². The minimum atomic E-state index is -0.821. The predicted molar refractivity (Wildman–Crippen MR) is 125 cm³/mol. The van der Waals surface area contributed by atoms with Crippen LogP contribution in [0.2, 0.25) is 5.02 Å². The average Bonchev–Trinajstić information content (AvgIpc) is 3.09. The van der Waals surface area contributed by atoms with Crippen LogP contribution in [0.15, 0.2) is 42.5 Å². The lowest BCUT2D eigenvalue weighted by molar-refractivity contribution is -0.138. The first-order valence-corrected chi connectivity index (χ1v) is 11.2. The van der Waals surface area contributed by atoms with Crippen molar-refractivity contribution in [3.05, 3.63) is 64.3 Å². The zero-order valence-corrected chi connectivity index (χ0v) is 19.2. The summed E-state index contributed by atoms with van der Waals surface area (Å²) < 4.78 is 7.14. The number of rotatable bonds is 7. The molecule has 32 heavy (non-hydrogen) atoms. The van der Waals surface area contributed by atoms with E-state index in [0.717, 1.165) is 41.3 Å². The van der Waals surface area contributed by atoms with Crippen LogP contribution in [0.5, 0.6) is 5.75 Å². The first-order chi connectivity index (χ1) is 15.3. The van der Waals surface area contributed by atoms with Crippen LogP contribution in [0, 0.1) is 0 Å². The smallest absolute Gasteiger partial charge is 0.310 e. The highest BCUT2D eigenvalue weighted by Crippen LogP contribution is 2.42. The van der Waals surface area contributed by atoms with E-state index in [1.165, 1.54) is 0 Å². The van der Waals surface area contributed by atoms with Crippen LogP contribution < -0.4 is 10.1 Å². The van der Waals surface area contributed by atoms with Gasteiger partial charge in [-0.2, -0.15) is 0 Å². The molecule has 1 saturated carbocycles. The standard InChI is InChI=1S/C25H27ClN2O4/c1-4-17(24(30)31)15-6-8-16(9-7-15)25(12-5-13-25)27-23(29)20-14-18-19(28(20)2)10-11-21(32-3)22(18)26/h6-11,14,17H,4-5,12-13H2,1-3H3,(H,27,29)(H,30,31). The van der Waals surface area contributed by atoms with Gasteiger partial charge in [0.25, 0.3) is 5.91 Å². The zero-order valence-electron chi connectivity index (χ0n) is 18.4. The molecule has 168 valence electrons. The summed E-state index contributed by atoms with van der Waals surface area (Å²) in [6.45, 7) is 1.87. The molecule has 0 bridgehead atoms. The Bertz CT molecular complexity index is 1180. The van der Waals surface area contributed by atoms with Gasteiger partial charge in [-0.05, 0) is 55.0 Å². The molecular weight excluding hydrogens is 428 g/mol. The second kappa shape index (κ2) is 8.51. The molecule has 0 spiro atoms. The largest absolute Gasteiger partial charge is 0.495 e. The van der Waals surface area contributed by atoms with Crippen LogP contribution in [0.1, 0.15) is 60.1 Å². The maximum Gasteiger partial charge on any atom is 0.310 e. The molecular formula is C25H27ClN2O4. The van der Waals surface area contributed by atoms with E-state index in [-0.39, 0.29) is 5.91 Å². The van der Waals surface area contributed by atoms with E-state index in [1.54, 1.807) is 19.2 Å². The Labute approximate surface area is 192 Å². The third-order valence-corrected chi connectivity index (χ3v) is 7.10. The third-order valence-electron chi connectivity index (χ3n) is 6.71. The van der Waals surface area contributed by atoms with Gasteiger partial charge in [0.1, 0.15) is 11.4 Å². The molecule has 0 radical (unpaired) electrons. The molecule has 1 aromatic heterocycles. The number of ether oxygens (including phenoxy) is 1. The van der Waals surface area contributed by atoms with E-state index >= 15 is 0 Å². The lowest BCUT2D eigenvalue weighted by Gasteiger charge is -2.43.